The highest BCUT2D eigenvalue weighted by Crippen LogP contribution is 2.14. The van der Waals surface area contributed by atoms with Crippen LogP contribution in [0.3, 0.4) is 0 Å². The second-order valence-corrected chi connectivity index (χ2v) is 4.50. The van der Waals surface area contributed by atoms with Gasteiger partial charge in [0, 0.05) is 37.2 Å². The van der Waals surface area contributed by atoms with Crippen molar-refractivity contribution in [3.05, 3.63) is 35.1 Å². The SMILES string of the molecule is CN(C)CCC(=O)NCCc1c(F)cc(F)cc1F. The third-order valence-electron chi connectivity index (χ3n) is 2.59. The first kappa shape index (κ1) is 15.5. The molecule has 1 aromatic carbocycles. The lowest BCUT2D eigenvalue weighted by molar-refractivity contribution is -0.121. The normalized spacial score (nSPS) is 10.8. The Morgan fingerprint density at radius 1 is 1.21 bits per heavy atom. The van der Waals surface area contributed by atoms with E-state index in [9.17, 15) is 18.0 Å². The van der Waals surface area contributed by atoms with E-state index in [1.165, 1.54) is 0 Å². The molecule has 106 valence electrons. The molecule has 0 aliphatic carbocycles. The van der Waals surface area contributed by atoms with Gasteiger partial charge in [0.15, 0.2) is 0 Å². The van der Waals surface area contributed by atoms with Crippen LogP contribution in [-0.2, 0) is 11.2 Å². The van der Waals surface area contributed by atoms with Crippen LogP contribution >= 0.6 is 0 Å². The maximum atomic E-state index is 13.3. The smallest absolute Gasteiger partial charge is 0.221 e. The Bertz CT molecular complexity index is 427. The van der Waals surface area contributed by atoms with Gasteiger partial charge in [-0.2, -0.15) is 0 Å². The molecule has 0 aliphatic heterocycles. The molecule has 0 aromatic heterocycles. The lowest BCUT2D eigenvalue weighted by Crippen LogP contribution is -2.29. The number of hydrogen-bond donors (Lipinski definition) is 1. The minimum absolute atomic E-state index is 0.00828. The third-order valence-corrected chi connectivity index (χ3v) is 2.59. The molecule has 0 bridgehead atoms. The van der Waals surface area contributed by atoms with Crippen LogP contribution in [0.25, 0.3) is 0 Å². The highest BCUT2D eigenvalue weighted by Gasteiger charge is 2.11. The van der Waals surface area contributed by atoms with Crippen molar-refractivity contribution in [3.8, 4) is 0 Å². The molecule has 0 saturated carbocycles. The number of halogens is 3. The minimum Gasteiger partial charge on any atom is -0.356 e. The zero-order chi connectivity index (χ0) is 14.4. The van der Waals surface area contributed by atoms with Crippen molar-refractivity contribution in [3.63, 3.8) is 0 Å². The summed E-state index contributed by atoms with van der Waals surface area (Å²) in [5.74, 6) is -2.99. The number of nitrogens with zero attached hydrogens (tertiary/aromatic N) is 1. The first-order chi connectivity index (χ1) is 8.90. The quantitative estimate of drug-likeness (QED) is 0.856. The molecule has 0 aliphatic rings. The van der Waals surface area contributed by atoms with E-state index in [4.69, 9.17) is 0 Å². The predicted molar refractivity (Wildman–Crippen MR) is 66.2 cm³/mol. The number of carbonyl (C=O) groups is 1. The van der Waals surface area contributed by atoms with Gasteiger partial charge in [-0.1, -0.05) is 0 Å². The van der Waals surface area contributed by atoms with Crippen molar-refractivity contribution in [1.29, 1.82) is 0 Å². The second kappa shape index (κ2) is 7.13. The van der Waals surface area contributed by atoms with Crippen LogP contribution in [0.4, 0.5) is 13.2 Å². The lowest BCUT2D eigenvalue weighted by atomic mass is 10.1. The number of carbonyl (C=O) groups excluding carboxylic acids is 1. The molecule has 0 fully saturated rings. The van der Waals surface area contributed by atoms with Gasteiger partial charge in [0.25, 0.3) is 0 Å². The molecular formula is C13H17F3N2O. The molecule has 0 saturated heterocycles. The van der Waals surface area contributed by atoms with Crippen LogP contribution in [0, 0.1) is 17.5 Å². The molecular weight excluding hydrogens is 257 g/mol. The van der Waals surface area contributed by atoms with Gasteiger partial charge in [0.1, 0.15) is 17.5 Å². The van der Waals surface area contributed by atoms with E-state index >= 15 is 0 Å². The third kappa shape index (κ3) is 5.30. The van der Waals surface area contributed by atoms with Crippen molar-refractivity contribution in [2.45, 2.75) is 12.8 Å². The van der Waals surface area contributed by atoms with Crippen LogP contribution in [0.2, 0.25) is 0 Å². The zero-order valence-electron chi connectivity index (χ0n) is 11.0. The van der Waals surface area contributed by atoms with Gasteiger partial charge in [-0.05, 0) is 20.5 Å². The fourth-order valence-corrected chi connectivity index (χ4v) is 1.55. The van der Waals surface area contributed by atoms with E-state index in [1.54, 1.807) is 0 Å². The summed E-state index contributed by atoms with van der Waals surface area (Å²) in [4.78, 5) is 13.2. The number of benzene rings is 1. The van der Waals surface area contributed by atoms with Gasteiger partial charge in [-0.3, -0.25) is 4.79 Å². The van der Waals surface area contributed by atoms with E-state index < -0.39 is 17.5 Å². The highest BCUT2D eigenvalue weighted by molar-refractivity contribution is 5.76. The fraction of sp³-hybridized carbons (Fsp3) is 0.462. The Labute approximate surface area is 110 Å². The predicted octanol–water partition coefficient (Wildman–Crippen LogP) is 1.71. The Balaban J connectivity index is 2.43. The van der Waals surface area contributed by atoms with E-state index in [2.05, 4.69) is 5.32 Å². The summed E-state index contributed by atoms with van der Waals surface area (Å²) >= 11 is 0. The van der Waals surface area contributed by atoms with Crippen molar-refractivity contribution in [2.24, 2.45) is 0 Å². The summed E-state index contributed by atoms with van der Waals surface area (Å²) in [5, 5.41) is 2.56. The average Bonchev–Trinajstić information content (AvgIpc) is 2.29. The number of hydrogen-bond acceptors (Lipinski definition) is 2. The van der Waals surface area contributed by atoms with Crippen LogP contribution in [-0.4, -0.2) is 38.0 Å². The summed E-state index contributed by atoms with van der Waals surface area (Å²) < 4.78 is 39.3. The van der Waals surface area contributed by atoms with Gasteiger partial charge in [-0.25, -0.2) is 13.2 Å². The largest absolute Gasteiger partial charge is 0.356 e. The minimum atomic E-state index is -0.950. The molecule has 1 N–H and O–H groups in total. The number of nitrogens with one attached hydrogen (secondary N) is 1. The Morgan fingerprint density at radius 2 is 1.79 bits per heavy atom. The molecule has 0 radical (unpaired) electrons. The van der Waals surface area contributed by atoms with E-state index in [0.717, 1.165) is 0 Å². The summed E-state index contributed by atoms with van der Waals surface area (Å²) in [6.45, 7) is 0.719. The molecule has 1 rings (SSSR count). The van der Waals surface area contributed by atoms with Gasteiger partial charge < -0.3 is 10.2 Å². The van der Waals surface area contributed by atoms with E-state index in [-0.39, 0.29) is 24.4 Å². The molecule has 1 aromatic rings. The molecule has 0 unspecified atom stereocenters. The van der Waals surface area contributed by atoms with Gasteiger partial charge in [-0.15, -0.1) is 0 Å². The van der Waals surface area contributed by atoms with Crippen molar-refractivity contribution in [1.82, 2.24) is 10.2 Å². The molecule has 0 heterocycles. The molecule has 1 amide bonds. The second-order valence-electron chi connectivity index (χ2n) is 4.50. The summed E-state index contributed by atoms with van der Waals surface area (Å²) in [6, 6.07) is 1.26. The van der Waals surface area contributed by atoms with Gasteiger partial charge in [0.05, 0.1) is 0 Å². The van der Waals surface area contributed by atoms with Gasteiger partial charge in [0.2, 0.25) is 5.91 Å². The maximum Gasteiger partial charge on any atom is 0.221 e. The van der Waals surface area contributed by atoms with Crippen LogP contribution in [0.15, 0.2) is 12.1 Å². The Hall–Kier alpha value is -1.56. The standard InChI is InChI=1S/C13H17F3N2O/c1-18(2)6-4-13(19)17-5-3-10-11(15)7-9(14)8-12(10)16/h7-8H,3-6H2,1-2H3,(H,17,19). The van der Waals surface area contributed by atoms with Crippen LogP contribution in [0.5, 0.6) is 0 Å². The number of amides is 1. The average molecular weight is 274 g/mol. The van der Waals surface area contributed by atoms with E-state index in [1.807, 2.05) is 19.0 Å². The van der Waals surface area contributed by atoms with Gasteiger partial charge >= 0.3 is 0 Å². The fourth-order valence-electron chi connectivity index (χ4n) is 1.55. The van der Waals surface area contributed by atoms with Crippen LogP contribution < -0.4 is 5.32 Å². The summed E-state index contributed by atoms with van der Waals surface area (Å²) in [6.07, 6.45) is 0.313. The van der Waals surface area contributed by atoms with Crippen LogP contribution in [0.1, 0.15) is 12.0 Å². The molecule has 3 nitrogen and oxygen atoms in total. The monoisotopic (exact) mass is 274 g/mol. The summed E-state index contributed by atoms with van der Waals surface area (Å²) in [5.41, 5.74) is -0.214. The molecule has 6 heteroatoms. The van der Waals surface area contributed by atoms with E-state index in [0.29, 0.717) is 25.1 Å². The highest BCUT2D eigenvalue weighted by atomic mass is 19.1. The van der Waals surface area contributed by atoms with Crippen molar-refractivity contribution >= 4 is 5.91 Å². The Kier molecular flexibility index (Phi) is 5.82. The molecule has 0 spiro atoms. The molecule has 0 atom stereocenters. The van der Waals surface area contributed by atoms with Crippen molar-refractivity contribution in [2.75, 3.05) is 27.2 Å². The first-order valence-corrected chi connectivity index (χ1v) is 5.95. The van der Waals surface area contributed by atoms with Crippen molar-refractivity contribution < 1.29 is 18.0 Å². The molecule has 19 heavy (non-hydrogen) atoms. The first-order valence-electron chi connectivity index (χ1n) is 5.95. The summed E-state index contributed by atoms with van der Waals surface area (Å²) in [7, 11) is 3.69. The number of rotatable bonds is 6. The lowest BCUT2D eigenvalue weighted by Gasteiger charge is -2.10. The topological polar surface area (TPSA) is 32.3 Å². The Morgan fingerprint density at radius 3 is 2.32 bits per heavy atom. The maximum absolute atomic E-state index is 13.3. The zero-order valence-corrected chi connectivity index (χ0v) is 11.0.